The summed E-state index contributed by atoms with van der Waals surface area (Å²) in [6, 6.07) is 17.3. The van der Waals surface area contributed by atoms with Crippen LogP contribution in [0, 0.1) is 5.92 Å². The van der Waals surface area contributed by atoms with Crippen LogP contribution in [0.4, 0.5) is 0 Å². The van der Waals surface area contributed by atoms with Gasteiger partial charge in [-0.2, -0.15) is 0 Å². The van der Waals surface area contributed by atoms with E-state index in [-0.39, 0.29) is 11.9 Å². The van der Waals surface area contributed by atoms with Crippen LogP contribution in [-0.2, 0) is 4.79 Å². The molecule has 0 aromatic heterocycles. The minimum atomic E-state index is -0.390. The summed E-state index contributed by atoms with van der Waals surface area (Å²) in [6.45, 7) is 1.72. The van der Waals surface area contributed by atoms with E-state index in [0.717, 1.165) is 11.1 Å². The first-order valence-electron chi connectivity index (χ1n) is 6.04. The number of para-hydroxylation sites is 1. The van der Waals surface area contributed by atoms with E-state index in [1.54, 1.807) is 13.0 Å². The van der Waals surface area contributed by atoms with Crippen LogP contribution in [0.15, 0.2) is 54.6 Å². The number of benzene rings is 2. The van der Waals surface area contributed by atoms with Crippen molar-refractivity contribution in [3.05, 3.63) is 54.6 Å². The number of carbonyl (C=O) groups excluding carboxylic acids is 1. The third kappa shape index (κ3) is 3.26. The molecule has 0 amide bonds. The lowest BCUT2D eigenvalue weighted by molar-refractivity contribution is -0.135. The Hall–Kier alpha value is -2.00. The van der Waals surface area contributed by atoms with Gasteiger partial charge in [-0.1, -0.05) is 60.7 Å². The van der Waals surface area contributed by atoms with Crippen LogP contribution in [0.3, 0.4) is 0 Å². The zero-order valence-corrected chi connectivity index (χ0v) is 11.4. The van der Waals surface area contributed by atoms with Gasteiger partial charge in [-0.25, -0.2) is 0 Å². The largest absolute Gasteiger partial charge is 0.425 e. The third-order valence-corrected chi connectivity index (χ3v) is 3.17. The molecule has 2 rings (SSSR count). The molecule has 0 fully saturated rings. The number of hydrogen-bond acceptors (Lipinski definition) is 3. The average Bonchev–Trinajstić information content (AvgIpc) is 2.47. The summed E-state index contributed by atoms with van der Waals surface area (Å²) in [5.74, 6) is -0.167. The Morgan fingerprint density at radius 1 is 1.11 bits per heavy atom. The number of esters is 1. The molecule has 0 spiro atoms. The molecule has 0 aliphatic heterocycles. The zero-order valence-electron chi connectivity index (χ0n) is 10.6. The zero-order chi connectivity index (χ0) is 13.7. The molecule has 0 saturated carbocycles. The van der Waals surface area contributed by atoms with E-state index in [1.807, 2.05) is 48.5 Å². The normalized spacial score (nSPS) is 11.6. The summed E-state index contributed by atoms with van der Waals surface area (Å²) in [7, 11) is 0. The van der Waals surface area contributed by atoms with Crippen molar-refractivity contribution in [2.45, 2.75) is 6.92 Å². The molecular weight excluding hydrogens is 256 g/mol. The number of thiocarbonyl (C=S) groups is 1. The maximum absolute atomic E-state index is 11.8. The Bertz CT molecular complexity index is 578. The Balaban J connectivity index is 2.32. The predicted octanol–water partition coefficient (Wildman–Crippen LogP) is 3.89. The Morgan fingerprint density at radius 3 is 2.42 bits per heavy atom. The summed E-state index contributed by atoms with van der Waals surface area (Å²) in [5, 5.41) is 1.41. The highest BCUT2D eigenvalue weighted by atomic mass is 32.1. The number of ether oxygens (including phenoxy) is 1. The van der Waals surface area contributed by atoms with E-state index in [1.165, 1.54) is 5.37 Å². The van der Waals surface area contributed by atoms with Crippen molar-refractivity contribution in [1.82, 2.24) is 0 Å². The fraction of sp³-hybridized carbons (Fsp3) is 0.125. The fourth-order valence-electron chi connectivity index (χ4n) is 1.67. The topological polar surface area (TPSA) is 26.3 Å². The monoisotopic (exact) mass is 270 g/mol. The van der Waals surface area contributed by atoms with Crippen molar-refractivity contribution in [2.75, 3.05) is 0 Å². The molecule has 19 heavy (non-hydrogen) atoms. The van der Waals surface area contributed by atoms with E-state index in [0.29, 0.717) is 5.75 Å². The SMILES string of the molecule is CC(C=S)C(=O)Oc1ccccc1-c1ccccc1. The van der Waals surface area contributed by atoms with Crippen LogP contribution in [0.5, 0.6) is 5.75 Å². The second kappa shape index (κ2) is 6.25. The van der Waals surface area contributed by atoms with E-state index >= 15 is 0 Å². The van der Waals surface area contributed by atoms with Crippen molar-refractivity contribution < 1.29 is 9.53 Å². The van der Waals surface area contributed by atoms with Gasteiger partial charge < -0.3 is 4.74 Å². The summed E-state index contributed by atoms with van der Waals surface area (Å²) in [6.07, 6.45) is 0. The van der Waals surface area contributed by atoms with Crippen LogP contribution >= 0.6 is 12.2 Å². The number of carbonyl (C=O) groups is 1. The van der Waals surface area contributed by atoms with Crippen LogP contribution in [-0.4, -0.2) is 11.3 Å². The molecule has 2 aromatic carbocycles. The second-order valence-electron chi connectivity index (χ2n) is 4.21. The van der Waals surface area contributed by atoms with E-state index in [2.05, 4.69) is 0 Å². The van der Waals surface area contributed by atoms with E-state index < -0.39 is 0 Å². The van der Waals surface area contributed by atoms with Gasteiger partial charge >= 0.3 is 5.97 Å². The molecule has 2 aromatic rings. The highest BCUT2D eigenvalue weighted by Gasteiger charge is 2.14. The maximum Gasteiger partial charge on any atom is 0.318 e. The first-order valence-corrected chi connectivity index (χ1v) is 6.51. The first kappa shape index (κ1) is 13.4. The van der Waals surface area contributed by atoms with Crippen molar-refractivity contribution in [1.29, 1.82) is 0 Å². The standard InChI is InChI=1S/C16H14O2S/c1-12(11-19)16(17)18-15-10-6-5-9-14(15)13-7-3-2-4-8-13/h2-12H,1H3. The lowest BCUT2D eigenvalue weighted by Crippen LogP contribution is -2.18. The molecule has 0 saturated heterocycles. The van der Waals surface area contributed by atoms with Gasteiger partial charge in [0, 0.05) is 5.56 Å². The number of hydrogen-bond donors (Lipinski definition) is 0. The van der Waals surface area contributed by atoms with Gasteiger partial charge in [-0.15, -0.1) is 0 Å². The van der Waals surface area contributed by atoms with Crippen LogP contribution in [0.2, 0.25) is 0 Å². The fourth-order valence-corrected chi connectivity index (χ4v) is 1.78. The third-order valence-electron chi connectivity index (χ3n) is 2.76. The first-order chi connectivity index (χ1) is 9.22. The van der Waals surface area contributed by atoms with Crippen molar-refractivity contribution in [3.63, 3.8) is 0 Å². The molecular formula is C16H14O2S. The highest BCUT2D eigenvalue weighted by molar-refractivity contribution is 7.79. The summed E-state index contributed by atoms with van der Waals surface area (Å²) in [5.41, 5.74) is 1.91. The average molecular weight is 270 g/mol. The van der Waals surface area contributed by atoms with Gasteiger partial charge in [-0.05, 0) is 23.9 Å². The number of rotatable bonds is 4. The summed E-state index contributed by atoms with van der Waals surface area (Å²) in [4.78, 5) is 11.8. The van der Waals surface area contributed by atoms with Crippen molar-refractivity contribution in [2.24, 2.45) is 5.92 Å². The van der Waals surface area contributed by atoms with Crippen molar-refractivity contribution in [3.8, 4) is 16.9 Å². The lowest BCUT2D eigenvalue weighted by Gasteiger charge is -2.11. The summed E-state index contributed by atoms with van der Waals surface area (Å²) >= 11 is 4.77. The van der Waals surface area contributed by atoms with Gasteiger partial charge in [0.15, 0.2) is 0 Å². The van der Waals surface area contributed by atoms with Crippen LogP contribution in [0.25, 0.3) is 11.1 Å². The molecule has 0 aliphatic carbocycles. The van der Waals surface area contributed by atoms with Gasteiger partial charge in [0.2, 0.25) is 0 Å². The van der Waals surface area contributed by atoms with E-state index in [4.69, 9.17) is 17.0 Å². The van der Waals surface area contributed by atoms with E-state index in [9.17, 15) is 4.79 Å². The molecule has 1 atom stereocenters. The molecule has 1 unspecified atom stereocenters. The van der Waals surface area contributed by atoms with Gasteiger partial charge in [0.25, 0.3) is 0 Å². The van der Waals surface area contributed by atoms with Crippen molar-refractivity contribution >= 4 is 23.6 Å². The second-order valence-corrected chi connectivity index (χ2v) is 4.48. The minimum Gasteiger partial charge on any atom is -0.425 e. The molecule has 2 nitrogen and oxygen atoms in total. The van der Waals surface area contributed by atoms with Gasteiger partial charge in [0.05, 0.1) is 5.92 Å². The predicted molar refractivity (Wildman–Crippen MR) is 80.3 cm³/mol. The van der Waals surface area contributed by atoms with Gasteiger partial charge in [0.1, 0.15) is 5.75 Å². The summed E-state index contributed by atoms with van der Waals surface area (Å²) < 4.78 is 5.42. The quantitative estimate of drug-likeness (QED) is 0.479. The van der Waals surface area contributed by atoms with Crippen LogP contribution in [0.1, 0.15) is 6.92 Å². The van der Waals surface area contributed by atoms with Gasteiger partial charge in [-0.3, -0.25) is 4.79 Å². The molecule has 0 heterocycles. The Kier molecular flexibility index (Phi) is 4.42. The maximum atomic E-state index is 11.8. The Morgan fingerprint density at radius 2 is 1.74 bits per heavy atom. The molecule has 96 valence electrons. The minimum absolute atomic E-state index is 0.335. The lowest BCUT2D eigenvalue weighted by atomic mass is 10.0. The molecule has 0 bridgehead atoms. The molecule has 0 radical (unpaired) electrons. The van der Waals surface area contributed by atoms with Crippen LogP contribution < -0.4 is 4.74 Å². The molecule has 0 aliphatic rings. The highest BCUT2D eigenvalue weighted by Crippen LogP contribution is 2.29. The Labute approximate surface area is 118 Å². The molecule has 0 N–H and O–H groups in total. The smallest absolute Gasteiger partial charge is 0.318 e. The molecule has 3 heteroatoms.